The lowest BCUT2D eigenvalue weighted by atomic mass is 10.2. The summed E-state index contributed by atoms with van der Waals surface area (Å²) in [6.45, 7) is 5.35. The topological polar surface area (TPSA) is 69.6 Å². The molecule has 0 aliphatic rings. The Kier molecular flexibility index (Phi) is 6.01. The van der Waals surface area contributed by atoms with E-state index < -0.39 is 12.0 Å². The number of carboxylic acid groups (broad SMARTS) is 1. The monoisotopic (exact) mass is 342 g/mol. The Balaban J connectivity index is 2.90. The number of amides is 2. The van der Waals surface area contributed by atoms with Crippen molar-refractivity contribution in [1.82, 2.24) is 4.90 Å². The average molecular weight is 343 g/mol. The molecule has 0 saturated carbocycles. The highest BCUT2D eigenvalue weighted by Crippen LogP contribution is 2.24. The van der Waals surface area contributed by atoms with Gasteiger partial charge in [0.05, 0.1) is 5.69 Å². The van der Waals surface area contributed by atoms with E-state index >= 15 is 0 Å². The van der Waals surface area contributed by atoms with Crippen molar-refractivity contribution in [2.75, 3.05) is 11.9 Å². The summed E-state index contributed by atoms with van der Waals surface area (Å²) in [7, 11) is 0. The first-order valence-corrected chi connectivity index (χ1v) is 7.20. The normalized spacial score (nSPS) is 11.8. The van der Waals surface area contributed by atoms with Gasteiger partial charge >= 0.3 is 12.0 Å². The van der Waals surface area contributed by atoms with Gasteiger partial charge in [0.15, 0.2) is 0 Å². The molecule has 20 heavy (non-hydrogen) atoms. The summed E-state index contributed by atoms with van der Waals surface area (Å²) in [4.78, 5) is 24.4. The second kappa shape index (κ2) is 7.28. The molecule has 0 fully saturated rings. The molecular weight excluding hydrogens is 324 g/mol. The lowest BCUT2D eigenvalue weighted by Crippen LogP contribution is -2.44. The average Bonchev–Trinajstić information content (AvgIpc) is 2.39. The van der Waals surface area contributed by atoms with E-state index in [1.165, 1.54) is 4.90 Å². The summed E-state index contributed by atoms with van der Waals surface area (Å²) in [6, 6.07) is 5.04. The zero-order chi connectivity index (χ0) is 15.3. The number of carboxylic acids is 1. The molecule has 0 aromatic heterocycles. The number of nitrogens with zero attached hydrogens (tertiary/aromatic N) is 1. The molecule has 1 atom stereocenters. The third kappa shape index (κ3) is 4.52. The second-order valence-electron chi connectivity index (χ2n) is 4.69. The van der Waals surface area contributed by atoms with Gasteiger partial charge in [-0.25, -0.2) is 4.79 Å². The van der Waals surface area contributed by atoms with Crippen molar-refractivity contribution >= 4 is 33.6 Å². The number of aryl methyl sites for hydroxylation is 1. The summed E-state index contributed by atoms with van der Waals surface area (Å²) < 4.78 is 0.760. The molecule has 1 aromatic rings. The molecule has 110 valence electrons. The molecule has 0 heterocycles. The molecular formula is C14H19BrN2O3. The zero-order valence-corrected chi connectivity index (χ0v) is 13.4. The standard InChI is InChI=1S/C14H19BrN2O3/c1-4-10(3)17(8-13(18)19)14(20)16-12-7-9(2)5-6-11(12)15/h5-7,10H,4,8H2,1-3H3,(H,16,20)(H,18,19). The van der Waals surface area contributed by atoms with Gasteiger partial charge in [-0.05, 0) is 53.9 Å². The van der Waals surface area contributed by atoms with Crippen molar-refractivity contribution in [3.63, 3.8) is 0 Å². The van der Waals surface area contributed by atoms with Crippen LogP contribution in [-0.2, 0) is 4.79 Å². The number of hydrogen-bond acceptors (Lipinski definition) is 2. The molecule has 0 saturated heterocycles. The van der Waals surface area contributed by atoms with Gasteiger partial charge in [-0.3, -0.25) is 4.79 Å². The van der Waals surface area contributed by atoms with Crippen LogP contribution in [0, 0.1) is 6.92 Å². The lowest BCUT2D eigenvalue weighted by molar-refractivity contribution is -0.138. The lowest BCUT2D eigenvalue weighted by Gasteiger charge is -2.27. The molecule has 0 spiro atoms. The third-order valence-electron chi connectivity index (χ3n) is 3.05. The predicted molar refractivity (Wildman–Crippen MR) is 82.0 cm³/mol. The Hall–Kier alpha value is -1.56. The fraction of sp³-hybridized carbons (Fsp3) is 0.429. The van der Waals surface area contributed by atoms with Crippen LogP contribution in [0.4, 0.5) is 10.5 Å². The van der Waals surface area contributed by atoms with Gasteiger partial charge in [-0.1, -0.05) is 13.0 Å². The first-order chi connectivity index (χ1) is 9.35. The Bertz CT molecular complexity index is 505. The minimum atomic E-state index is -1.02. The van der Waals surface area contributed by atoms with E-state index in [9.17, 15) is 9.59 Å². The molecule has 0 aliphatic heterocycles. The quantitative estimate of drug-likeness (QED) is 0.860. The van der Waals surface area contributed by atoms with Gasteiger partial charge in [0.1, 0.15) is 6.54 Å². The number of carbonyl (C=O) groups is 2. The number of carbonyl (C=O) groups excluding carboxylic acids is 1. The van der Waals surface area contributed by atoms with Gasteiger partial charge in [-0.2, -0.15) is 0 Å². The van der Waals surface area contributed by atoms with Gasteiger partial charge < -0.3 is 15.3 Å². The van der Waals surface area contributed by atoms with E-state index in [2.05, 4.69) is 21.2 Å². The van der Waals surface area contributed by atoms with Crippen LogP contribution in [0.1, 0.15) is 25.8 Å². The maximum absolute atomic E-state index is 12.2. The SMILES string of the molecule is CCC(C)N(CC(=O)O)C(=O)Nc1cc(C)ccc1Br. The number of nitrogens with one attached hydrogen (secondary N) is 1. The highest BCUT2D eigenvalue weighted by atomic mass is 79.9. The fourth-order valence-corrected chi connectivity index (χ4v) is 2.06. The van der Waals surface area contributed by atoms with E-state index in [0.29, 0.717) is 12.1 Å². The van der Waals surface area contributed by atoms with Crippen molar-refractivity contribution in [1.29, 1.82) is 0 Å². The van der Waals surface area contributed by atoms with Gasteiger partial charge in [-0.15, -0.1) is 0 Å². The molecule has 2 amide bonds. The first-order valence-electron chi connectivity index (χ1n) is 6.40. The molecule has 6 heteroatoms. The van der Waals surface area contributed by atoms with Crippen molar-refractivity contribution in [2.45, 2.75) is 33.2 Å². The van der Waals surface area contributed by atoms with Crippen LogP contribution in [0.2, 0.25) is 0 Å². The van der Waals surface area contributed by atoms with Gasteiger partial charge in [0, 0.05) is 10.5 Å². The highest BCUT2D eigenvalue weighted by Gasteiger charge is 2.22. The largest absolute Gasteiger partial charge is 0.480 e. The smallest absolute Gasteiger partial charge is 0.323 e. The number of benzene rings is 1. The van der Waals surface area contributed by atoms with Crippen LogP contribution in [0.3, 0.4) is 0 Å². The maximum atomic E-state index is 12.2. The van der Waals surface area contributed by atoms with Gasteiger partial charge in [0.25, 0.3) is 0 Å². The summed E-state index contributed by atoms with van der Waals surface area (Å²) in [5, 5.41) is 11.7. The summed E-state index contributed by atoms with van der Waals surface area (Å²) in [5.74, 6) is -1.02. The summed E-state index contributed by atoms with van der Waals surface area (Å²) >= 11 is 3.36. The predicted octanol–water partition coefficient (Wildman–Crippen LogP) is 3.47. The van der Waals surface area contributed by atoms with Crippen LogP contribution in [0.5, 0.6) is 0 Å². The van der Waals surface area contributed by atoms with Crippen LogP contribution < -0.4 is 5.32 Å². The Morgan fingerprint density at radius 3 is 2.65 bits per heavy atom. The van der Waals surface area contributed by atoms with E-state index in [-0.39, 0.29) is 12.6 Å². The number of anilines is 1. The molecule has 0 aliphatic carbocycles. The Morgan fingerprint density at radius 1 is 1.45 bits per heavy atom. The highest BCUT2D eigenvalue weighted by molar-refractivity contribution is 9.10. The second-order valence-corrected chi connectivity index (χ2v) is 5.55. The van der Waals surface area contributed by atoms with Crippen LogP contribution in [-0.4, -0.2) is 34.6 Å². The Labute approximate surface area is 127 Å². The number of urea groups is 1. The maximum Gasteiger partial charge on any atom is 0.323 e. The van der Waals surface area contributed by atoms with Crippen LogP contribution >= 0.6 is 15.9 Å². The molecule has 2 N–H and O–H groups in total. The zero-order valence-electron chi connectivity index (χ0n) is 11.8. The fourth-order valence-electron chi connectivity index (χ4n) is 1.72. The van der Waals surface area contributed by atoms with Crippen LogP contribution in [0.15, 0.2) is 22.7 Å². The minimum Gasteiger partial charge on any atom is -0.480 e. The number of hydrogen-bond donors (Lipinski definition) is 2. The van der Waals surface area contributed by atoms with Gasteiger partial charge in [0.2, 0.25) is 0 Å². The molecule has 1 unspecified atom stereocenters. The number of rotatable bonds is 5. The molecule has 0 bridgehead atoms. The minimum absolute atomic E-state index is 0.144. The third-order valence-corrected chi connectivity index (χ3v) is 3.74. The molecule has 0 radical (unpaired) electrons. The number of aliphatic carboxylic acids is 1. The van der Waals surface area contributed by atoms with E-state index in [1.54, 1.807) is 0 Å². The van der Waals surface area contributed by atoms with E-state index in [1.807, 2.05) is 39.0 Å². The molecule has 1 aromatic carbocycles. The molecule has 1 rings (SSSR count). The van der Waals surface area contributed by atoms with Crippen molar-refractivity contribution in [3.8, 4) is 0 Å². The summed E-state index contributed by atoms with van der Waals surface area (Å²) in [5.41, 5.74) is 1.64. The summed E-state index contributed by atoms with van der Waals surface area (Å²) in [6.07, 6.45) is 0.690. The molecule has 5 nitrogen and oxygen atoms in total. The first kappa shape index (κ1) is 16.5. The van der Waals surface area contributed by atoms with Crippen molar-refractivity contribution in [3.05, 3.63) is 28.2 Å². The Morgan fingerprint density at radius 2 is 2.10 bits per heavy atom. The van der Waals surface area contributed by atoms with Crippen molar-refractivity contribution in [2.24, 2.45) is 0 Å². The van der Waals surface area contributed by atoms with E-state index in [4.69, 9.17) is 5.11 Å². The van der Waals surface area contributed by atoms with E-state index in [0.717, 1.165) is 10.0 Å². The van der Waals surface area contributed by atoms with Crippen molar-refractivity contribution < 1.29 is 14.7 Å². The van der Waals surface area contributed by atoms with Crippen LogP contribution in [0.25, 0.3) is 0 Å². The number of halogens is 1.